The van der Waals surface area contributed by atoms with Gasteiger partial charge in [0.05, 0.1) is 18.8 Å². The van der Waals surface area contributed by atoms with Crippen LogP contribution in [0.15, 0.2) is 42.7 Å². The molecule has 3 rings (SSSR count). The highest BCUT2D eigenvalue weighted by molar-refractivity contribution is 5.29. The van der Waals surface area contributed by atoms with Crippen LogP contribution in [0.3, 0.4) is 0 Å². The van der Waals surface area contributed by atoms with Crippen molar-refractivity contribution in [3.8, 4) is 0 Å². The summed E-state index contributed by atoms with van der Waals surface area (Å²) < 4.78 is 0. The van der Waals surface area contributed by atoms with Gasteiger partial charge >= 0.3 is 0 Å². The second kappa shape index (κ2) is 9.23. The summed E-state index contributed by atoms with van der Waals surface area (Å²) in [4.78, 5) is 12.9. The van der Waals surface area contributed by atoms with E-state index in [1.165, 1.54) is 0 Å². The first-order valence-electron chi connectivity index (χ1n) is 9.38. The van der Waals surface area contributed by atoms with Crippen LogP contribution >= 0.6 is 0 Å². The molecule has 3 N–H and O–H groups in total. The Morgan fingerprint density at radius 3 is 2.22 bits per heavy atom. The van der Waals surface area contributed by atoms with Gasteiger partial charge in [0.2, 0.25) is 5.95 Å². The van der Waals surface area contributed by atoms with Crippen LogP contribution in [0.25, 0.3) is 0 Å². The first-order chi connectivity index (χ1) is 13.1. The second-order valence-electron chi connectivity index (χ2n) is 7.11. The van der Waals surface area contributed by atoms with E-state index in [0.717, 1.165) is 43.3 Å². The maximum Gasteiger partial charge on any atom is 0.225 e. The first-order valence-corrected chi connectivity index (χ1v) is 9.38. The fourth-order valence-corrected chi connectivity index (χ4v) is 3.35. The molecule has 1 fully saturated rings. The fourth-order valence-electron chi connectivity index (χ4n) is 3.35. The molecule has 7 nitrogen and oxygen atoms in total. The van der Waals surface area contributed by atoms with Gasteiger partial charge in [0, 0.05) is 51.0 Å². The van der Waals surface area contributed by atoms with E-state index in [0.29, 0.717) is 6.54 Å². The van der Waals surface area contributed by atoms with Crippen LogP contribution in [0.5, 0.6) is 0 Å². The quantitative estimate of drug-likeness (QED) is 0.663. The zero-order valence-electron chi connectivity index (χ0n) is 15.6. The van der Waals surface area contributed by atoms with E-state index < -0.39 is 12.2 Å². The molecule has 0 radical (unpaired) electrons. The molecule has 146 valence electrons. The van der Waals surface area contributed by atoms with Crippen LogP contribution in [0.2, 0.25) is 0 Å². The highest BCUT2D eigenvalue weighted by Gasteiger charge is 2.27. The summed E-state index contributed by atoms with van der Waals surface area (Å²) in [7, 11) is 0. The zero-order valence-corrected chi connectivity index (χ0v) is 15.6. The van der Waals surface area contributed by atoms with Gasteiger partial charge in [-0.15, -0.1) is 0 Å². The van der Waals surface area contributed by atoms with E-state index in [-0.39, 0.29) is 12.5 Å². The molecule has 1 aliphatic rings. The molecule has 0 bridgehead atoms. The number of aliphatic hydroxyl groups is 3. The number of hydrogen-bond acceptors (Lipinski definition) is 7. The minimum Gasteiger partial charge on any atom is -0.392 e. The minimum atomic E-state index is -0.744. The Morgan fingerprint density at radius 1 is 1.00 bits per heavy atom. The summed E-state index contributed by atoms with van der Waals surface area (Å²) in [6.07, 6.45) is 2.12. The number of piperazine rings is 1. The molecule has 3 atom stereocenters. The van der Waals surface area contributed by atoms with Gasteiger partial charge in [-0.2, -0.15) is 0 Å². The van der Waals surface area contributed by atoms with Crippen molar-refractivity contribution in [2.24, 2.45) is 5.92 Å². The summed E-state index contributed by atoms with van der Waals surface area (Å²) in [5.74, 6) is 0.452. The number of aromatic nitrogens is 2. The monoisotopic (exact) mass is 372 g/mol. The van der Waals surface area contributed by atoms with Crippen LogP contribution in [0.4, 0.5) is 5.95 Å². The van der Waals surface area contributed by atoms with Crippen LogP contribution in [-0.2, 0) is 6.61 Å². The van der Waals surface area contributed by atoms with Crippen LogP contribution in [0, 0.1) is 5.92 Å². The Morgan fingerprint density at radius 2 is 1.63 bits per heavy atom. The third-order valence-electron chi connectivity index (χ3n) is 5.26. The molecule has 0 aliphatic carbocycles. The maximum absolute atomic E-state index is 10.6. The predicted octanol–water partition coefficient (Wildman–Crippen LogP) is 0.821. The van der Waals surface area contributed by atoms with Gasteiger partial charge in [0.1, 0.15) is 0 Å². The van der Waals surface area contributed by atoms with E-state index in [9.17, 15) is 10.2 Å². The van der Waals surface area contributed by atoms with Gasteiger partial charge in [-0.25, -0.2) is 9.97 Å². The second-order valence-corrected chi connectivity index (χ2v) is 7.11. The Hall–Kier alpha value is -2.06. The molecule has 0 unspecified atom stereocenters. The van der Waals surface area contributed by atoms with E-state index in [1.54, 1.807) is 42.7 Å². The van der Waals surface area contributed by atoms with Crippen molar-refractivity contribution in [3.05, 3.63) is 53.9 Å². The smallest absolute Gasteiger partial charge is 0.225 e. The van der Waals surface area contributed by atoms with Crippen molar-refractivity contribution in [2.45, 2.75) is 25.7 Å². The third-order valence-corrected chi connectivity index (χ3v) is 5.26. The van der Waals surface area contributed by atoms with Crippen LogP contribution in [-0.4, -0.2) is 69.0 Å². The average Bonchev–Trinajstić information content (AvgIpc) is 2.74. The lowest BCUT2D eigenvalue weighted by molar-refractivity contribution is 0.000865. The molecule has 0 spiro atoms. The minimum absolute atomic E-state index is 0.0193. The normalized spacial score (nSPS) is 18.9. The molecule has 2 aromatic rings. The Kier molecular flexibility index (Phi) is 6.73. The van der Waals surface area contributed by atoms with Crippen molar-refractivity contribution < 1.29 is 15.3 Å². The third kappa shape index (κ3) is 5.01. The standard InChI is InChI=1S/C20H28N4O3/c1-15(19(27)17-5-3-16(14-25)4-6-17)18(26)13-23-9-11-24(12-10-23)20-21-7-2-8-22-20/h2-8,15,18-19,25-27H,9-14H2,1H3/t15-,18+,19+/m1/s1. The summed E-state index contributed by atoms with van der Waals surface area (Å²) in [6.45, 7) is 5.65. The van der Waals surface area contributed by atoms with Gasteiger partial charge in [-0.3, -0.25) is 4.90 Å². The van der Waals surface area contributed by atoms with Crippen molar-refractivity contribution in [1.82, 2.24) is 14.9 Å². The number of nitrogens with zero attached hydrogens (tertiary/aromatic N) is 4. The summed E-state index contributed by atoms with van der Waals surface area (Å²) in [6, 6.07) is 9.00. The van der Waals surface area contributed by atoms with Crippen molar-refractivity contribution >= 4 is 5.95 Å². The van der Waals surface area contributed by atoms with E-state index in [2.05, 4.69) is 19.8 Å². The lowest BCUT2D eigenvalue weighted by Crippen LogP contribution is -2.50. The van der Waals surface area contributed by atoms with Crippen molar-refractivity contribution in [3.63, 3.8) is 0 Å². The predicted molar refractivity (Wildman–Crippen MR) is 103 cm³/mol. The van der Waals surface area contributed by atoms with Crippen LogP contribution in [0.1, 0.15) is 24.2 Å². The van der Waals surface area contributed by atoms with Gasteiger partial charge in [0.15, 0.2) is 0 Å². The van der Waals surface area contributed by atoms with Crippen molar-refractivity contribution in [2.75, 3.05) is 37.6 Å². The Bertz CT molecular complexity index is 690. The molecule has 27 heavy (non-hydrogen) atoms. The first kappa shape index (κ1) is 19.7. The van der Waals surface area contributed by atoms with Gasteiger partial charge in [-0.1, -0.05) is 31.2 Å². The number of hydrogen-bond donors (Lipinski definition) is 3. The molecule has 0 amide bonds. The zero-order chi connectivity index (χ0) is 19.2. The molecular weight excluding hydrogens is 344 g/mol. The highest BCUT2D eigenvalue weighted by atomic mass is 16.3. The lowest BCUT2D eigenvalue weighted by atomic mass is 9.91. The highest BCUT2D eigenvalue weighted by Crippen LogP contribution is 2.25. The number of aliphatic hydroxyl groups excluding tert-OH is 3. The fraction of sp³-hybridized carbons (Fsp3) is 0.500. The molecule has 1 aromatic heterocycles. The number of β-amino-alcohol motifs (C(OH)–C–C–N with tert-alkyl or cyclic N) is 1. The van der Waals surface area contributed by atoms with E-state index >= 15 is 0 Å². The number of rotatable bonds is 7. The van der Waals surface area contributed by atoms with Gasteiger partial charge in [-0.05, 0) is 17.2 Å². The molecule has 1 saturated heterocycles. The Labute approximate surface area is 159 Å². The molecular formula is C20H28N4O3. The van der Waals surface area contributed by atoms with Crippen LogP contribution < -0.4 is 4.90 Å². The van der Waals surface area contributed by atoms with Crippen molar-refractivity contribution in [1.29, 1.82) is 0 Å². The largest absolute Gasteiger partial charge is 0.392 e. The van der Waals surface area contributed by atoms with E-state index in [4.69, 9.17) is 5.11 Å². The Balaban J connectivity index is 1.50. The number of benzene rings is 1. The van der Waals surface area contributed by atoms with Gasteiger partial charge < -0.3 is 20.2 Å². The molecule has 1 aromatic carbocycles. The van der Waals surface area contributed by atoms with Gasteiger partial charge in [0.25, 0.3) is 0 Å². The topological polar surface area (TPSA) is 93.0 Å². The lowest BCUT2D eigenvalue weighted by Gasteiger charge is -2.37. The van der Waals surface area contributed by atoms with E-state index in [1.807, 2.05) is 6.92 Å². The summed E-state index contributed by atoms with van der Waals surface area (Å²) >= 11 is 0. The molecule has 1 aliphatic heterocycles. The average molecular weight is 372 g/mol. The molecule has 0 saturated carbocycles. The summed E-state index contributed by atoms with van der Waals surface area (Å²) in [5, 5.41) is 30.3. The maximum atomic E-state index is 10.6. The molecule has 2 heterocycles. The SMILES string of the molecule is C[C@@H]([C@H](O)c1ccc(CO)cc1)[C@@H](O)CN1CCN(c2ncccn2)CC1. The number of anilines is 1. The summed E-state index contributed by atoms with van der Waals surface area (Å²) in [5.41, 5.74) is 1.56. The molecule has 7 heteroatoms.